The summed E-state index contributed by atoms with van der Waals surface area (Å²) < 4.78 is 24.4. The summed E-state index contributed by atoms with van der Waals surface area (Å²) in [5.74, 6) is -0.881. The highest BCUT2D eigenvalue weighted by Gasteiger charge is 2.16. The van der Waals surface area contributed by atoms with Crippen molar-refractivity contribution < 1.29 is 18.3 Å². The van der Waals surface area contributed by atoms with Crippen molar-refractivity contribution in [3.8, 4) is 0 Å². The predicted molar refractivity (Wildman–Crippen MR) is 75.6 cm³/mol. The number of carbonyl (C=O) groups is 1. The second-order valence-corrected chi connectivity index (χ2v) is 6.96. The van der Waals surface area contributed by atoms with Gasteiger partial charge < -0.3 is 5.11 Å². The minimum absolute atomic E-state index is 0.000973. The van der Waals surface area contributed by atoms with Crippen molar-refractivity contribution in [3.63, 3.8) is 0 Å². The Labute approximate surface area is 116 Å². The van der Waals surface area contributed by atoms with Crippen LogP contribution >= 0.6 is 0 Å². The Balaban J connectivity index is 2.25. The van der Waals surface area contributed by atoms with E-state index in [2.05, 4.69) is 5.10 Å². The summed E-state index contributed by atoms with van der Waals surface area (Å²) in [6.45, 7) is 1.99. The van der Waals surface area contributed by atoms with Crippen LogP contribution in [0.15, 0.2) is 24.3 Å². The molecule has 6 nitrogen and oxygen atoms in total. The maximum atomic E-state index is 11.4. The highest BCUT2D eigenvalue weighted by atomic mass is 32.2. The van der Waals surface area contributed by atoms with Gasteiger partial charge in [0, 0.05) is 17.7 Å². The molecule has 2 aromatic rings. The average molecular weight is 296 g/mol. The first kappa shape index (κ1) is 14.5. The van der Waals surface area contributed by atoms with E-state index in [1.54, 1.807) is 35.9 Å². The number of para-hydroxylation sites is 1. The van der Waals surface area contributed by atoms with Crippen LogP contribution in [-0.4, -0.2) is 40.8 Å². The zero-order valence-corrected chi connectivity index (χ0v) is 11.9. The maximum absolute atomic E-state index is 11.4. The second-order valence-electron chi connectivity index (χ2n) is 4.48. The van der Waals surface area contributed by atoms with Gasteiger partial charge in [-0.3, -0.25) is 4.68 Å². The van der Waals surface area contributed by atoms with Gasteiger partial charge >= 0.3 is 5.97 Å². The molecule has 0 saturated carbocycles. The van der Waals surface area contributed by atoms with Gasteiger partial charge in [0.25, 0.3) is 0 Å². The van der Waals surface area contributed by atoms with Crippen LogP contribution in [0, 0.1) is 0 Å². The molecule has 108 valence electrons. The number of carboxylic acid groups (broad SMARTS) is 1. The van der Waals surface area contributed by atoms with Gasteiger partial charge in [-0.25, -0.2) is 13.2 Å². The van der Waals surface area contributed by atoms with Crippen LogP contribution in [-0.2, 0) is 16.4 Å². The summed E-state index contributed by atoms with van der Waals surface area (Å²) in [4.78, 5) is 11.1. The molecule has 1 aromatic heterocycles. The lowest BCUT2D eigenvalue weighted by Crippen LogP contribution is -2.12. The average Bonchev–Trinajstić information content (AvgIpc) is 2.78. The van der Waals surface area contributed by atoms with E-state index in [9.17, 15) is 13.2 Å². The van der Waals surface area contributed by atoms with Crippen LogP contribution in [0.25, 0.3) is 10.9 Å². The van der Waals surface area contributed by atoms with E-state index in [1.165, 1.54) is 0 Å². The first-order valence-corrected chi connectivity index (χ1v) is 8.16. The van der Waals surface area contributed by atoms with E-state index in [0.717, 1.165) is 0 Å². The fraction of sp³-hybridized carbons (Fsp3) is 0.385. The molecule has 0 aliphatic rings. The lowest BCUT2D eigenvalue weighted by atomic mass is 10.2. The number of sulfone groups is 1. The zero-order chi connectivity index (χ0) is 14.8. The van der Waals surface area contributed by atoms with Gasteiger partial charge in [-0.15, -0.1) is 0 Å². The summed E-state index contributed by atoms with van der Waals surface area (Å²) in [6, 6.07) is 7.03. The van der Waals surface area contributed by atoms with Gasteiger partial charge in [0.1, 0.15) is 9.84 Å². The summed E-state index contributed by atoms with van der Waals surface area (Å²) >= 11 is 0. The van der Waals surface area contributed by atoms with E-state index >= 15 is 0 Å². The molecule has 0 unspecified atom stereocenters. The quantitative estimate of drug-likeness (QED) is 0.873. The minimum Gasteiger partial charge on any atom is -0.476 e. The Bertz CT molecular complexity index is 734. The fourth-order valence-electron chi connectivity index (χ4n) is 2.03. The Morgan fingerprint density at radius 2 is 2.05 bits per heavy atom. The molecule has 0 spiro atoms. The summed E-state index contributed by atoms with van der Waals surface area (Å²) in [5, 5.41) is 13.7. The molecule has 0 saturated heterocycles. The Morgan fingerprint density at radius 1 is 1.35 bits per heavy atom. The molecular weight excluding hydrogens is 280 g/mol. The molecular formula is C13H16N2O4S. The summed E-state index contributed by atoms with van der Waals surface area (Å²) in [5.41, 5.74) is 0.706. The number of rotatable bonds is 6. The van der Waals surface area contributed by atoms with E-state index in [0.29, 0.717) is 23.9 Å². The zero-order valence-electron chi connectivity index (χ0n) is 11.1. The molecule has 20 heavy (non-hydrogen) atoms. The number of aromatic nitrogens is 2. The molecule has 1 heterocycles. The molecule has 7 heteroatoms. The van der Waals surface area contributed by atoms with Crippen LogP contribution in [0.2, 0.25) is 0 Å². The van der Waals surface area contributed by atoms with Gasteiger partial charge in [-0.05, 0) is 12.5 Å². The van der Waals surface area contributed by atoms with Crippen LogP contribution in [0.3, 0.4) is 0 Å². The largest absolute Gasteiger partial charge is 0.476 e. The number of aryl methyl sites for hydroxylation is 1. The number of aromatic carboxylic acids is 1. The smallest absolute Gasteiger partial charge is 0.357 e. The molecule has 0 fully saturated rings. The number of hydrogen-bond acceptors (Lipinski definition) is 4. The van der Waals surface area contributed by atoms with Crippen LogP contribution in [0.4, 0.5) is 0 Å². The number of nitrogens with zero attached hydrogens (tertiary/aromatic N) is 2. The van der Waals surface area contributed by atoms with Gasteiger partial charge in [0.05, 0.1) is 11.3 Å². The normalized spacial score (nSPS) is 11.8. The number of carboxylic acids is 1. The third-order valence-electron chi connectivity index (χ3n) is 3.13. The molecule has 0 radical (unpaired) electrons. The Kier molecular flexibility index (Phi) is 4.08. The SMILES string of the molecule is CCS(=O)(=O)CCCn1nc(C(=O)O)c2ccccc21. The first-order chi connectivity index (χ1) is 9.44. The topological polar surface area (TPSA) is 89.3 Å². The number of hydrogen-bond donors (Lipinski definition) is 1. The molecule has 0 aliphatic carbocycles. The lowest BCUT2D eigenvalue weighted by molar-refractivity contribution is 0.0691. The van der Waals surface area contributed by atoms with E-state index < -0.39 is 15.8 Å². The van der Waals surface area contributed by atoms with Crippen molar-refractivity contribution in [2.75, 3.05) is 11.5 Å². The predicted octanol–water partition coefficient (Wildman–Crippen LogP) is 1.56. The van der Waals surface area contributed by atoms with E-state index in [-0.39, 0.29) is 17.2 Å². The lowest BCUT2D eigenvalue weighted by Gasteiger charge is -2.03. The minimum atomic E-state index is -3.01. The second kappa shape index (κ2) is 5.62. The highest BCUT2D eigenvalue weighted by molar-refractivity contribution is 7.91. The molecule has 0 amide bonds. The Morgan fingerprint density at radius 3 is 2.70 bits per heavy atom. The third-order valence-corrected chi connectivity index (χ3v) is 4.92. The number of fused-ring (bicyclic) bond motifs is 1. The monoisotopic (exact) mass is 296 g/mol. The highest BCUT2D eigenvalue weighted by Crippen LogP contribution is 2.18. The van der Waals surface area contributed by atoms with Crippen molar-refractivity contribution in [1.82, 2.24) is 9.78 Å². The molecule has 0 bridgehead atoms. The molecule has 0 aliphatic heterocycles. The van der Waals surface area contributed by atoms with Gasteiger partial charge in [0.15, 0.2) is 5.69 Å². The molecule has 2 rings (SSSR count). The van der Waals surface area contributed by atoms with E-state index in [4.69, 9.17) is 5.11 Å². The first-order valence-electron chi connectivity index (χ1n) is 6.34. The van der Waals surface area contributed by atoms with Crippen LogP contribution < -0.4 is 0 Å². The van der Waals surface area contributed by atoms with Crippen molar-refractivity contribution in [1.29, 1.82) is 0 Å². The van der Waals surface area contributed by atoms with Crippen molar-refractivity contribution >= 4 is 26.7 Å². The van der Waals surface area contributed by atoms with Gasteiger partial charge in [0.2, 0.25) is 0 Å². The Hall–Kier alpha value is -1.89. The number of benzene rings is 1. The fourth-order valence-corrected chi connectivity index (χ4v) is 2.89. The van der Waals surface area contributed by atoms with Crippen LogP contribution in [0.1, 0.15) is 23.8 Å². The van der Waals surface area contributed by atoms with Crippen molar-refractivity contribution in [2.45, 2.75) is 19.9 Å². The van der Waals surface area contributed by atoms with Crippen molar-refractivity contribution in [2.24, 2.45) is 0 Å². The molecule has 1 N–H and O–H groups in total. The summed E-state index contributed by atoms with van der Waals surface area (Å²) in [7, 11) is -3.01. The standard InChI is InChI=1S/C13H16N2O4S/c1-2-20(18,19)9-5-8-15-11-7-4-3-6-10(11)12(14-15)13(16)17/h3-4,6-7H,2,5,8-9H2,1H3,(H,16,17). The van der Waals surface area contributed by atoms with E-state index in [1.807, 2.05) is 0 Å². The molecule has 1 aromatic carbocycles. The van der Waals surface area contributed by atoms with Crippen molar-refractivity contribution in [3.05, 3.63) is 30.0 Å². The maximum Gasteiger partial charge on any atom is 0.357 e. The third kappa shape index (κ3) is 2.98. The summed E-state index contributed by atoms with van der Waals surface area (Å²) in [6.07, 6.45) is 0.418. The van der Waals surface area contributed by atoms with Gasteiger partial charge in [-0.1, -0.05) is 25.1 Å². The van der Waals surface area contributed by atoms with Crippen LogP contribution in [0.5, 0.6) is 0 Å². The van der Waals surface area contributed by atoms with Gasteiger partial charge in [-0.2, -0.15) is 5.10 Å². The molecule has 0 atom stereocenters.